The lowest BCUT2D eigenvalue weighted by Gasteiger charge is -2.18. The molecule has 18 heavy (non-hydrogen) atoms. The van der Waals surface area contributed by atoms with Gasteiger partial charge in [0, 0.05) is 6.07 Å². The summed E-state index contributed by atoms with van der Waals surface area (Å²) in [5, 5.41) is 9.20. The van der Waals surface area contributed by atoms with Crippen molar-refractivity contribution in [3.8, 4) is 17.6 Å². The Labute approximate surface area is 109 Å². The van der Waals surface area contributed by atoms with Gasteiger partial charge in [-0.25, -0.2) is 0 Å². The van der Waals surface area contributed by atoms with E-state index in [4.69, 9.17) is 9.47 Å². The van der Waals surface area contributed by atoms with E-state index in [1.54, 1.807) is 14.2 Å². The van der Waals surface area contributed by atoms with Crippen LogP contribution in [-0.4, -0.2) is 14.2 Å². The van der Waals surface area contributed by atoms with Crippen LogP contribution in [0.3, 0.4) is 0 Å². The van der Waals surface area contributed by atoms with Crippen molar-refractivity contribution in [2.75, 3.05) is 14.2 Å². The van der Waals surface area contributed by atoms with E-state index < -0.39 is 0 Å². The summed E-state index contributed by atoms with van der Waals surface area (Å²) in [6, 6.07) is 6.22. The topological polar surface area (TPSA) is 42.2 Å². The Balaban J connectivity index is 3.12. The zero-order valence-electron chi connectivity index (χ0n) is 11.8. The van der Waals surface area contributed by atoms with Crippen molar-refractivity contribution in [3.05, 3.63) is 23.3 Å². The van der Waals surface area contributed by atoms with Crippen molar-refractivity contribution >= 4 is 0 Å². The lowest BCUT2D eigenvalue weighted by Crippen LogP contribution is -2.11. The van der Waals surface area contributed by atoms with E-state index in [9.17, 15) is 5.26 Å². The van der Waals surface area contributed by atoms with Gasteiger partial charge in [0.25, 0.3) is 0 Å². The molecule has 0 aromatic heterocycles. The molecule has 0 aliphatic heterocycles. The lowest BCUT2D eigenvalue weighted by atomic mass is 9.88. The molecule has 1 rings (SSSR count). The Morgan fingerprint density at radius 1 is 1.22 bits per heavy atom. The number of aryl methyl sites for hydroxylation is 1. The quantitative estimate of drug-likeness (QED) is 0.801. The maximum atomic E-state index is 9.20. The van der Waals surface area contributed by atoms with Crippen molar-refractivity contribution in [1.82, 2.24) is 0 Å². The third-order valence-corrected chi connectivity index (χ3v) is 3.26. The third kappa shape index (κ3) is 3.16. The van der Waals surface area contributed by atoms with Gasteiger partial charge >= 0.3 is 0 Å². The molecule has 0 heterocycles. The summed E-state index contributed by atoms with van der Waals surface area (Å²) in [6.45, 7) is 6.16. The Hall–Kier alpha value is -1.69. The molecular formula is C15H21NO2. The molecule has 0 spiro atoms. The van der Waals surface area contributed by atoms with Crippen molar-refractivity contribution in [2.24, 2.45) is 11.8 Å². The highest BCUT2D eigenvalue weighted by Crippen LogP contribution is 2.31. The first kappa shape index (κ1) is 14.4. The fourth-order valence-electron chi connectivity index (χ4n) is 1.96. The van der Waals surface area contributed by atoms with E-state index in [0.29, 0.717) is 12.3 Å². The summed E-state index contributed by atoms with van der Waals surface area (Å²) < 4.78 is 10.6. The molecule has 1 atom stereocenters. The number of benzene rings is 1. The second kappa shape index (κ2) is 6.30. The van der Waals surface area contributed by atoms with Crippen molar-refractivity contribution in [1.29, 1.82) is 5.26 Å². The van der Waals surface area contributed by atoms with Crippen LogP contribution in [0.1, 0.15) is 25.0 Å². The molecule has 0 radical (unpaired) electrons. The van der Waals surface area contributed by atoms with Gasteiger partial charge in [0.15, 0.2) is 0 Å². The van der Waals surface area contributed by atoms with E-state index in [0.717, 1.165) is 22.6 Å². The van der Waals surface area contributed by atoms with E-state index in [1.165, 1.54) is 0 Å². The van der Waals surface area contributed by atoms with Crippen LogP contribution in [0.15, 0.2) is 12.1 Å². The van der Waals surface area contributed by atoms with Gasteiger partial charge in [-0.3, -0.25) is 0 Å². The van der Waals surface area contributed by atoms with E-state index in [2.05, 4.69) is 19.9 Å². The molecular weight excluding hydrogens is 226 g/mol. The largest absolute Gasteiger partial charge is 0.497 e. The molecule has 0 N–H and O–H groups in total. The average molecular weight is 247 g/mol. The molecule has 0 aliphatic rings. The van der Waals surface area contributed by atoms with Crippen molar-refractivity contribution in [3.63, 3.8) is 0 Å². The molecule has 3 nitrogen and oxygen atoms in total. The Morgan fingerprint density at radius 2 is 1.89 bits per heavy atom. The maximum absolute atomic E-state index is 9.20. The van der Waals surface area contributed by atoms with Gasteiger partial charge in [-0.05, 0) is 36.5 Å². The molecule has 1 aromatic rings. The fourth-order valence-corrected chi connectivity index (χ4v) is 1.96. The normalized spacial score (nSPS) is 12.1. The van der Waals surface area contributed by atoms with Crippen molar-refractivity contribution < 1.29 is 9.47 Å². The van der Waals surface area contributed by atoms with Gasteiger partial charge in [0.2, 0.25) is 0 Å². The number of nitrogens with zero attached hydrogens (tertiary/aromatic N) is 1. The highest BCUT2D eigenvalue weighted by atomic mass is 16.5. The predicted octanol–water partition coefficient (Wildman–Crippen LogP) is 3.35. The second-order valence-corrected chi connectivity index (χ2v) is 4.81. The minimum Gasteiger partial charge on any atom is -0.497 e. The molecule has 98 valence electrons. The number of hydrogen-bond acceptors (Lipinski definition) is 3. The molecule has 0 fully saturated rings. The molecule has 0 aliphatic carbocycles. The van der Waals surface area contributed by atoms with E-state index >= 15 is 0 Å². The molecule has 0 amide bonds. The monoisotopic (exact) mass is 247 g/mol. The zero-order chi connectivity index (χ0) is 13.7. The molecule has 1 aromatic carbocycles. The minimum atomic E-state index is 0.00555. The van der Waals surface area contributed by atoms with E-state index in [-0.39, 0.29) is 5.92 Å². The lowest BCUT2D eigenvalue weighted by molar-refractivity contribution is 0.385. The highest BCUT2D eigenvalue weighted by Gasteiger charge is 2.18. The Bertz CT molecular complexity index is 447. The van der Waals surface area contributed by atoms with Gasteiger partial charge in [-0.1, -0.05) is 13.8 Å². The molecule has 3 heteroatoms. The van der Waals surface area contributed by atoms with Gasteiger partial charge < -0.3 is 9.47 Å². The summed E-state index contributed by atoms with van der Waals surface area (Å²) in [5.41, 5.74) is 2.20. The van der Waals surface area contributed by atoms with Gasteiger partial charge in [0.05, 0.1) is 26.2 Å². The van der Waals surface area contributed by atoms with Crippen LogP contribution < -0.4 is 9.47 Å². The first-order valence-corrected chi connectivity index (χ1v) is 6.14. The van der Waals surface area contributed by atoms with Gasteiger partial charge in [-0.2, -0.15) is 5.26 Å². The summed E-state index contributed by atoms with van der Waals surface area (Å²) in [4.78, 5) is 0. The second-order valence-electron chi connectivity index (χ2n) is 4.81. The minimum absolute atomic E-state index is 0.00555. The molecule has 0 saturated carbocycles. The summed E-state index contributed by atoms with van der Waals surface area (Å²) >= 11 is 0. The molecule has 1 unspecified atom stereocenters. The van der Waals surface area contributed by atoms with Crippen LogP contribution >= 0.6 is 0 Å². The van der Waals surface area contributed by atoms with Crippen LogP contribution in [0, 0.1) is 30.1 Å². The Kier molecular flexibility index (Phi) is 5.03. The van der Waals surface area contributed by atoms with Crippen LogP contribution in [-0.2, 0) is 6.42 Å². The van der Waals surface area contributed by atoms with Crippen LogP contribution in [0.25, 0.3) is 0 Å². The number of nitriles is 1. The predicted molar refractivity (Wildman–Crippen MR) is 71.9 cm³/mol. The average Bonchev–Trinajstić information content (AvgIpc) is 2.35. The van der Waals surface area contributed by atoms with E-state index in [1.807, 2.05) is 19.1 Å². The van der Waals surface area contributed by atoms with Crippen LogP contribution in [0.5, 0.6) is 11.5 Å². The van der Waals surface area contributed by atoms with Crippen LogP contribution in [0.2, 0.25) is 0 Å². The number of ether oxygens (including phenoxy) is 2. The summed E-state index contributed by atoms with van der Waals surface area (Å²) in [5.74, 6) is 1.92. The smallest absolute Gasteiger partial charge is 0.126 e. The summed E-state index contributed by atoms with van der Waals surface area (Å²) in [6.07, 6.45) is 0.715. The number of methoxy groups -OCH3 is 2. The molecule has 0 bridgehead atoms. The zero-order valence-corrected chi connectivity index (χ0v) is 11.8. The molecule has 0 saturated heterocycles. The fraction of sp³-hybridized carbons (Fsp3) is 0.533. The van der Waals surface area contributed by atoms with Gasteiger partial charge in [0.1, 0.15) is 11.5 Å². The number of rotatable bonds is 5. The highest BCUT2D eigenvalue weighted by molar-refractivity contribution is 5.46. The van der Waals surface area contributed by atoms with Crippen molar-refractivity contribution in [2.45, 2.75) is 27.2 Å². The van der Waals surface area contributed by atoms with Crippen LogP contribution in [0.4, 0.5) is 0 Å². The third-order valence-electron chi connectivity index (χ3n) is 3.26. The summed E-state index contributed by atoms with van der Waals surface area (Å²) in [7, 11) is 3.29. The first-order chi connectivity index (χ1) is 8.53. The standard InChI is InChI=1S/C15H21NO2/c1-10(2)12(9-16)7-14-11(3)6-13(17-4)8-15(14)18-5/h6,8,10,12H,7H2,1-5H3. The van der Waals surface area contributed by atoms with Gasteiger partial charge in [-0.15, -0.1) is 0 Å². The Morgan fingerprint density at radius 3 is 2.33 bits per heavy atom. The number of hydrogen-bond donors (Lipinski definition) is 0. The first-order valence-electron chi connectivity index (χ1n) is 6.14. The SMILES string of the molecule is COc1cc(C)c(CC(C#N)C(C)C)c(OC)c1. The maximum Gasteiger partial charge on any atom is 0.126 e.